The third-order valence-corrected chi connectivity index (χ3v) is 2.55. The number of anilines is 1. The molecule has 0 aliphatic carbocycles. The minimum absolute atomic E-state index is 1.14. The number of benzene rings is 1. The molecular formula is C12H15N. The zero-order chi connectivity index (χ0) is 9.26. The van der Waals surface area contributed by atoms with E-state index >= 15 is 0 Å². The van der Waals surface area contributed by atoms with Crippen molar-refractivity contribution in [2.24, 2.45) is 0 Å². The summed E-state index contributed by atoms with van der Waals surface area (Å²) >= 11 is 0. The number of nitrogens with zero attached hydrogens (tertiary/aromatic N) is 1. The topological polar surface area (TPSA) is 3.24 Å². The van der Waals surface area contributed by atoms with Crippen LogP contribution >= 0.6 is 0 Å². The predicted molar refractivity (Wildman–Crippen MR) is 56.9 cm³/mol. The molecule has 1 heterocycles. The van der Waals surface area contributed by atoms with Crippen LogP contribution < -0.4 is 4.90 Å². The van der Waals surface area contributed by atoms with Gasteiger partial charge in [0, 0.05) is 18.4 Å². The maximum Gasteiger partial charge on any atom is 0.0435 e. The van der Waals surface area contributed by atoms with Crippen molar-refractivity contribution in [3.8, 4) is 0 Å². The molecule has 0 bridgehead atoms. The standard InChI is InChI=1S/C12H15N/c1-10-7-8-13(9-10)12-6-4-3-5-11(12)2/h3-6,9H,7-8H2,1-2H3. The van der Waals surface area contributed by atoms with Crippen molar-refractivity contribution < 1.29 is 0 Å². The van der Waals surface area contributed by atoms with Crippen molar-refractivity contribution in [1.29, 1.82) is 0 Å². The molecule has 2 rings (SSSR count). The van der Waals surface area contributed by atoms with Crippen molar-refractivity contribution >= 4 is 5.69 Å². The van der Waals surface area contributed by atoms with Gasteiger partial charge in [0.1, 0.15) is 0 Å². The van der Waals surface area contributed by atoms with Crippen molar-refractivity contribution in [2.75, 3.05) is 11.4 Å². The van der Waals surface area contributed by atoms with Gasteiger partial charge in [-0.15, -0.1) is 0 Å². The van der Waals surface area contributed by atoms with Crippen LogP contribution in [0.25, 0.3) is 0 Å². The molecule has 1 aliphatic heterocycles. The van der Waals surface area contributed by atoms with Gasteiger partial charge >= 0.3 is 0 Å². The van der Waals surface area contributed by atoms with Crippen LogP contribution in [0.2, 0.25) is 0 Å². The van der Waals surface area contributed by atoms with Crippen LogP contribution in [-0.4, -0.2) is 6.54 Å². The van der Waals surface area contributed by atoms with E-state index in [4.69, 9.17) is 0 Å². The van der Waals surface area contributed by atoms with E-state index in [2.05, 4.69) is 49.2 Å². The first-order chi connectivity index (χ1) is 6.27. The molecular weight excluding hydrogens is 158 g/mol. The van der Waals surface area contributed by atoms with E-state index < -0.39 is 0 Å². The van der Waals surface area contributed by atoms with E-state index in [1.54, 1.807) is 0 Å². The Morgan fingerprint density at radius 1 is 1.15 bits per heavy atom. The van der Waals surface area contributed by atoms with Gasteiger partial charge < -0.3 is 4.90 Å². The molecule has 0 fully saturated rings. The van der Waals surface area contributed by atoms with Crippen LogP contribution in [0.4, 0.5) is 5.69 Å². The molecule has 68 valence electrons. The SMILES string of the molecule is CC1=CN(c2ccccc2C)CC1. The molecule has 1 aliphatic rings. The second-order valence-corrected chi connectivity index (χ2v) is 3.71. The molecule has 0 unspecified atom stereocenters. The van der Waals surface area contributed by atoms with Gasteiger partial charge in [-0.05, 0) is 31.9 Å². The van der Waals surface area contributed by atoms with Crippen molar-refractivity contribution in [2.45, 2.75) is 20.3 Å². The Bertz CT molecular complexity index is 339. The molecule has 0 aromatic heterocycles. The molecule has 0 atom stereocenters. The lowest BCUT2D eigenvalue weighted by atomic mass is 10.2. The fraction of sp³-hybridized carbons (Fsp3) is 0.333. The lowest BCUT2D eigenvalue weighted by Gasteiger charge is -2.17. The van der Waals surface area contributed by atoms with Gasteiger partial charge in [0.15, 0.2) is 0 Å². The highest BCUT2D eigenvalue weighted by Crippen LogP contribution is 2.25. The summed E-state index contributed by atoms with van der Waals surface area (Å²) in [6, 6.07) is 8.54. The summed E-state index contributed by atoms with van der Waals surface area (Å²) in [7, 11) is 0. The Hall–Kier alpha value is -1.24. The Labute approximate surface area is 79.7 Å². The summed E-state index contributed by atoms with van der Waals surface area (Å²) in [5.41, 5.74) is 4.18. The molecule has 0 radical (unpaired) electrons. The Morgan fingerprint density at radius 3 is 2.54 bits per heavy atom. The largest absolute Gasteiger partial charge is 0.348 e. The summed E-state index contributed by atoms with van der Waals surface area (Å²) in [5.74, 6) is 0. The van der Waals surface area contributed by atoms with E-state index in [-0.39, 0.29) is 0 Å². The average molecular weight is 173 g/mol. The molecule has 0 N–H and O–H groups in total. The first-order valence-corrected chi connectivity index (χ1v) is 4.77. The van der Waals surface area contributed by atoms with Crippen molar-refractivity contribution in [3.63, 3.8) is 0 Å². The highest BCUT2D eigenvalue weighted by Gasteiger charge is 2.11. The molecule has 1 aromatic rings. The number of hydrogen-bond donors (Lipinski definition) is 0. The molecule has 1 heteroatoms. The molecule has 0 saturated carbocycles. The summed E-state index contributed by atoms with van der Waals surface area (Å²) in [6.45, 7) is 5.49. The average Bonchev–Trinajstić information content (AvgIpc) is 2.53. The van der Waals surface area contributed by atoms with Crippen LogP contribution in [0.15, 0.2) is 36.0 Å². The quantitative estimate of drug-likeness (QED) is 0.630. The third-order valence-electron chi connectivity index (χ3n) is 2.55. The summed E-state index contributed by atoms with van der Waals surface area (Å²) < 4.78 is 0. The number of para-hydroxylation sites is 1. The molecule has 0 spiro atoms. The maximum absolute atomic E-state index is 2.34. The van der Waals surface area contributed by atoms with E-state index in [0.29, 0.717) is 0 Å². The van der Waals surface area contributed by atoms with Gasteiger partial charge in [-0.3, -0.25) is 0 Å². The summed E-state index contributed by atoms with van der Waals surface area (Å²) in [4.78, 5) is 2.34. The third kappa shape index (κ3) is 1.59. The monoisotopic (exact) mass is 173 g/mol. The second-order valence-electron chi connectivity index (χ2n) is 3.71. The van der Waals surface area contributed by atoms with Gasteiger partial charge in [-0.1, -0.05) is 23.8 Å². The molecule has 0 saturated heterocycles. The van der Waals surface area contributed by atoms with Crippen LogP contribution in [0.1, 0.15) is 18.9 Å². The van der Waals surface area contributed by atoms with E-state index in [1.807, 2.05) is 0 Å². The number of aryl methyl sites for hydroxylation is 1. The lowest BCUT2D eigenvalue weighted by Crippen LogP contribution is -2.12. The fourth-order valence-electron chi connectivity index (χ4n) is 1.77. The predicted octanol–water partition coefficient (Wildman–Crippen LogP) is 3.11. The summed E-state index contributed by atoms with van der Waals surface area (Å²) in [5, 5.41) is 0. The first kappa shape index (κ1) is 8.36. The first-order valence-electron chi connectivity index (χ1n) is 4.77. The minimum Gasteiger partial charge on any atom is -0.348 e. The smallest absolute Gasteiger partial charge is 0.0435 e. The molecule has 0 amide bonds. The minimum atomic E-state index is 1.14. The summed E-state index contributed by atoms with van der Waals surface area (Å²) in [6.07, 6.45) is 3.46. The van der Waals surface area contributed by atoms with Gasteiger partial charge in [0.25, 0.3) is 0 Å². The van der Waals surface area contributed by atoms with Gasteiger partial charge in [-0.2, -0.15) is 0 Å². The molecule has 1 aromatic carbocycles. The highest BCUT2D eigenvalue weighted by atomic mass is 15.1. The molecule has 13 heavy (non-hydrogen) atoms. The van der Waals surface area contributed by atoms with Crippen molar-refractivity contribution in [3.05, 3.63) is 41.6 Å². The van der Waals surface area contributed by atoms with Crippen LogP contribution in [0, 0.1) is 6.92 Å². The maximum atomic E-state index is 2.34. The van der Waals surface area contributed by atoms with E-state index in [0.717, 1.165) is 6.54 Å². The number of rotatable bonds is 1. The Morgan fingerprint density at radius 2 is 1.92 bits per heavy atom. The molecule has 1 nitrogen and oxygen atoms in total. The van der Waals surface area contributed by atoms with Gasteiger partial charge in [0.2, 0.25) is 0 Å². The normalized spacial score (nSPS) is 16.2. The Kier molecular flexibility index (Phi) is 2.09. The second kappa shape index (κ2) is 3.25. The highest BCUT2D eigenvalue weighted by molar-refractivity contribution is 5.56. The zero-order valence-corrected chi connectivity index (χ0v) is 8.25. The van der Waals surface area contributed by atoms with Gasteiger partial charge in [-0.25, -0.2) is 0 Å². The van der Waals surface area contributed by atoms with Crippen molar-refractivity contribution in [1.82, 2.24) is 0 Å². The lowest BCUT2D eigenvalue weighted by molar-refractivity contribution is 0.972. The van der Waals surface area contributed by atoms with Crippen LogP contribution in [-0.2, 0) is 0 Å². The Balaban J connectivity index is 2.31. The zero-order valence-electron chi connectivity index (χ0n) is 8.25. The van der Waals surface area contributed by atoms with E-state index in [1.165, 1.54) is 23.2 Å². The van der Waals surface area contributed by atoms with Crippen LogP contribution in [0.5, 0.6) is 0 Å². The number of hydrogen-bond acceptors (Lipinski definition) is 1. The van der Waals surface area contributed by atoms with Gasteiger partial charge in [0.05, 0.1) is 0 Å². The van der Waals surface area contributed by atoms with E-state index in [9.17, 15) is 0 Å². The van der Waals surface area contributed by atoms with Crippen LogP contribution in [0.3, 0.4) is 0 Å². The fourth-order valence-corrected chi connectivity index (χ4v) is 1.77.